The number of nitrogens with zero attached hydrogens (tertiary/aromatic N) is 3. The van der Waals surface area contributed by atoms with Gasteiger partial charge < -0.3 is 9.88 Å². The molecule has 0 atom stereocenters. The molecular weight excluding hydrogens is 376 g/mol. The van der Waals surface area contributed by atoms with E-state index in [0.717, 1.165) is 41.0 Å². The molecule has 158 valence electrons. The largest absolute Gasteiger partial charge is 0.353 e. The first-order chi connectivity index (χ1) is 14.5. The van der Waals surface area contributed by atoms with Gasteiger partial charge in [-0.2, -0.15) is 9.61 Å². The fourth-order valence-corrected chi connectivity index (χ4v) is 4.48. The smallest absolute Gasteiger partial charge is 0.277 e. The Kier molecular flexibility index (Phi) is 5.75. The van der Waals surface area contributed by atoms with Crippen LogP contribution in [0.4, 0.5) is 0 Å². The number of nitrogens with one attached hydrogen (secondary N) is 1. The minimum atomic E-state index is -0.133. The third kappa shape index (κ3) is 3.91. The van der Waals surface area contributed by atoms with Gasteiger partial charge in [0.25, 0.3) is 5.56 Å². The van der Waals surface area contributed by atoms with Gasteiger partial charge in [0, 0.05) is 42.4 Å². The first kappa shape index (κ1) is 20.4. The van der Waals surface area contributed by atoms with Gasteiger partial charge in [-0.05, 0) is 38.7 Å². The molecule has 30 heavy (non-hydrogen) atoms. The molecule has 6 heteroatoms. The van der Waals surface area contributed by atoms with E-state index in [1.807, 2.05) is 55.8 Å². The van der Waals surface area contributed by atoms with Crippen LogP contribution in [0.5, 0.6) is 0 Å². The van der Waals surface area contributed by atoms with Crippen molar-refractivity contribution in [3.63, 3.8) is 0 Å². The molecule has 0 unspecified atom stereocenters. The quantitative estimate of drug-likeness (QED) is 0.702. The van der Waals surface area contributed by atoms with Crippen LogP contribution in [0.15, 0.2) is 35.1 Å². The summed E-state index contributed by atoms with van der Waals surface area (Å²) in [4.78, 5) is 25.6. The molecule has 6 nitrogen and oxygen atoms in total. The van der Waals surface area contributed by atoms with E-state index in [4.69, 9.17) is 0 Å². The van der Waals surface area contributed by atoms with Crippen molar-refractivity contribution in [1.29, 1.82) is 0 Å². The van der Waals surface area contributed by atoms with Gasteiger partial charge in [-0.3, -0.25) is 9.59 Å². The van der Waals surface area contributed by atoms with Crippen molar-refractivity contribution in [1.82, 2.24) is 19.5 Å². The fourth-order valence-electron chi connectivity index (χ4n) is 4.48. The average Bonchev–Trinajstić information content (AvgIpc) is 3.19. The predicted octanol–water partition coefficient (Wildman–Crippen LogP) is 3.70. The van der Waals surface area contributed by atoms with Crippen LogP contribution in [0.3, 0.4) is 0 Å². The summed E-state index contributed by atoms with van der Waals surface area (Å²) in [5, 5.41) is 7.75. The number of carbonyl (C=O) groups is 1. The SMILES string of the molecule is Cc1ccccc1-c1cc2n(C)c(C)c(CCC(=O)NC3CCCCC3)c(=O)n2n1. The highest BCUT2D eigenvalue weighted by Gasteiger charge is 2.19. The molecule has 4 rings (SSSR count). The van der Waals surface area contributed by atoms with Gasteiger partial charge in [-0.1, -0.05) is 43.5 Å². The Morgan fingerprint density at radius 1 is 1.17 bits per heavy atom. The molecule has 3 aromatic rings. The molecule has 0 radical (unpaired) electrons. The second kappa shape index (κ2) is 8.46. The zero-order chi connectivity index (χ0) is 21.3. The third-order valence-corrected chi connectivity index (χ3v) is 6.42. The van der Waals surface area contributed by atoms with E-state index < -0.39 is 0 Å². The van der Waals surface area contributed by atoms with Crippen molar-refractivity contribution in [2.24, 2.45) is 7.05 Å². The fraction of sp³-hybridized carbons (Fsp3) is 0.458. The van der Waals surface area contributed by atoms with Crippen molar-refractivity contribution in [3.05, 3.63) is 57.5 Å². The van der Waals surface area contributed by atoms with E-state index in [1.54, 1.807) is 0 Å². The van der Waals surface area contributed by atoms with Crippen molar-refractivity contribution in [2.45, 2.75) is 64.8 Å². The number of rotatable bonds is 5. The molecule has 1 saturated carbocycles. The van der Waals surface area contributed by atoms with E-state index in [2.05, 4.69) is 10.4 Å². The van der Waals surface area contributed by atoms with Crippen molar-refractivity contribution in [3.8, 4) is 11.3 Å². The lowest BCUT2D eigenvalue weighted by Crippen LogP contribution is -2.36. The Bertz CT molecular complexity index is 1140. The van der Waals surface area contributed by atoms with Gasteiger partial charge in [-0.25, -0.2) is 0 Å². The van der Waals surface area contributed by atoms with Gasteiger partial charge >= 0.3 is 0 Å². The number of carbonyl (C=O) groups excluding carboxylic acids is 1. The van der Waals surface area contributed by atoms with E-state index in [0.29, 0.717) is 24.4 Å². The maximum absolute atomic E-state index is 13.2. The van der Waals surface area contributed by atoms with Crippen molar-refractivity contribution < 1.29 is 4.79 Å². The average molecular weight is 407 g/mol. The number of amides is 1. The maximum Gasteiger partial charge on any atom is 0.277 e. The van der Waals surface area contributed by atoms with E-state index >= 15 is 0 Å². The van der Waals surface area contributed by atoms with Crippen LogP contribution in [0, 0.1) is 13.8 Å². The van der Waals surface area contributed by atoms with Gasteiger partial charge in [0.05, 0.1) is 5.69 Å². The maximum atomic E-state index is 13.2. The number of aryl methyl sites for hydroxylation is 2. The molecule has 2 aromatic heterocycles. The van der Waals surface area contributed by atoms with E-state index in [9.17, 15) is 9.59 Å². The Morgan fingerprint density at radius 3 is 2.63 bits per heavy atom. The van der Waals surface area contributed by atoms with Gasteiger partial charge in [0.2, 0.25) is 5.91 Å². The first-order valence-electron chi connectivity index (χ1n) is 10.9. The predicted molar refractivity (Wildman–Crippen MR) is 119 cm³/mol. The van der Waals surface area contributed by atoms with Crippen LogP contribution >= 0.6 is 0 Å². The summed E-state index contributed by atoms with van der Waals surface area (Å²) >= 11 is 0. The van der Waals surface area contributed by atoms with Gasteiger partial charge in [0.1, 0.15) is 5.65 Å². The molecule has 2 heterocycles. The normalized spacial score (nSPS) is 14.9. The molecule has 0 bridgehead atoms. The molecule has 1 aliphatic rings. The molecule has 0 aliphatic heterocycles. The van der Waals surface area contributed by atoms with E-state index in [1.165, 1.54) is 23.8 Å². The van der Waals surface area contributed by atoms with Crippen LogP contribution in [0.1, 0.15) is 55.3 Å². The minimum absolute atomic E-state index is 0.0320. The molecular formula is C24H30N4O2. The highest BCUT2D eigenvalue weighted by atomic mass is 16.1. The monoisotopic (exact) mass is 406 g/mol. The molecule has 0 saturated heterocycles. The highest BCUT2D eigenvalue weighted by Crippen LogP contribution is 2.23. The second-order valence-electron chi connectivity index (χ2n) is 8.45. The molecule has 1 aromatic carbocycles. The van der Waals surface area contributed by atoms with Crippen LogP contribution in [-0.4, -0.2) is 26.1 Å². The Balaban J connectivity index is 1.60. The number of benzene rings is 1. The standard InChI is InChI=1S/C24H30N4O2/c1-16-9-7-8-12-19(16)21-15-23-27(3)17(2)20(24(30)28(23)26-21)13-14-22(29)25-18-10-5-4-6-11-18/h7-9,12,15,18H,4-6,10-11,13-14H2,1-3H3,(H,25,29). The Hall–Kier alpha value is -2.89. The summed E-state index contributed by atoms with van der Waals surface area (Å²) in [7, 11) is 1.94. The van der Waals surface area contributed by atoms with Crippen LogP contribution in [0.25, 0.3) is 16.9 Å². The van der Waals surface area contributed by atoms with Gasteiger partial charge in [-0.15, -0.1) is 0 Å². The van der Waals surface area contributed by atoms with Gasteiger partial charge in [0.15, 0.2) is 0 Å². The third-order valence-electron chi connectivity index (χ3n) is 6.42. The highest BCUT2D eigenvalue weighted by molar-refractivity contribution is 5.76. The van der Waals surface area contributed by atoms with Crippen molar-refractivity contribution in [2.75, 3.05) is 0 Å². The summed E-state index contributed by atoms with van der Waals surface area (Å²) in [6.45, 7) is 3.98. The zero-order valence-electron chi connectivity index (χ0n) is 18.1. The first-order valence-corrected chi connectivity index (χ1v) is 10.9. The van der Waals surface area contributed by atoms with Crippen LogP contribution < -0.4 is 10.9 Å². The molecule has 1 fully saturated rings. The summed E-state index contributed by atoms with van der Waals surface area (Å²) in [5.41, 5.74) is 5.08. The second-order valence-corrected chi connectivity index (χ2v) is 8.45. The summed E-state index contributed by atoms with van der Waals surface area (Å²) < 4.78 is 3.47. The summed E-state index contributed by atoms with van der Waals surface area (Å²) in [6, 6.07) is 10.3. The van der Waals surface area contributed by atoms with Crippen LogP contribution in [0.2, 0.25) is 0 Å². The van der Waals surface area contributed by atoms with Crippen LogP contribution in [-0.2, 0) is 18.3 Å². The molecule has 1 N–H and O–H groups in total. The minimum Gasteiger partial charge on any atom is -0.353 e. The topological polar surface area (TPSA) is 68.4 Å². The molecule has 1 aliphatic carbocycles. The Morgan fingerprint density at radius 2 is 1.90 bits per heavy atom. The molecule has 0 spiro atoms. The zero-order valence-corrected chi connectivity index (χ0v) is 18.1. The number of hydrogen-bond acceptors (Lipinski definition) is 3. The summed E-state index contributed by atoms with van der Waals surface area (Å²) in [5.74, 6) is 0.0320. The molecule has 1 amide bonds. The Labute approximate surface area is 176 Å². The summed E-state index contributed by atoms with van der Waals surface area (Å²) in [6.07, 6.45) is 6.50. The lowest BCUT2D eigenvalue weighted by Gasteiger charge is -2.22. The number of fused-ring (bicyclic) bond motifs is 1. The lowest BCUT2D eigenvalue weighted by atomic mass is 9.95. The van der Waals surface area contributed by atoms with E-state index in [-0.39, 0.29) is 11.5 Å². The number of aromatic nitrogens is 3. The lowest BCUT2D eigenvalue weighted by molar-refractivity contribution is -0.121. The van der Waals surface area contributed by atoms with Crippen molar-refractivity contribution >= 4 is 11.6 Å². The number of hydrogen-bond donors (Lipinski definition) is 1.